The highest BCUT2D eigenvalue weighted by atomic mass is 16.6. The summed E-state index contributed by atoms with van der Waals surface area (Å²) in [5, 5.41) is 15.9. The highest BCUT2D eigenvalue weighted by molar-refractivity contribution is 5.99. The number of anilines is 1. The minimum atomic E-state index is -0.579. The molecular formula is C17H17N3O4. The van der Waals surface area contributed by atoms with Crippen molar-refractivity contribution < 1.29 is 14.5 Å². The van der Waals surface area contributed by atoms with Gasteiger partial charge in [-0.1, -0.05) is 18.2 Å². The Hall–Kier alpha value is -3.22. The molecule has 124 valence electrons. The van der Waals surface area contributed by atoms with E-state index < -0.39 is 10.8 Å². The van der Waals surface area contributed by atoms with Crippen LogP contribution in [-0.2, 0) is 4.79 Å². The van der Waals surface area contributed by atoms with Gasteiger partial charge in [0.05, 0.1) is 11.5 Å². The van der Waals surface area contributed by atoms with Crippen LogP contribution in [0.2, 0.25) is 0 Å². The maximum atomic E-state index is 12.0. The van der Waals surface area contributed by atoms with Crippen molar-refractivity contribution in [3.63, 3.8) is 0 Å². The summed E-state index contributed by atoms with van der Waals surface area (Å²) < 4.78 is 0. The molecule has 0 saturated carbocycles. The minimum Gasteiger partial charge on any atom is -0.343 e. The van der Waals surface area contributed by atoms with Crippen molar-refractivity contribution >= 4 is 23.2 Å². The number of aryl methyl sites for hydroxylation is 1. The first-order valence-electron chi connectivity index (χ1n) is 7.27. The molecule has 0 radical (unpaired) electrons. The molecule has 0 fully saturated rings. The standard InChI is InChI=1S/C17H17N3O4/c1-11-5-3-8-15(12(11)2)19-16(21)10-18-17(22)13-6-4-7-14(9-13)20(23)24/h3-9H,10H2,1-2H3,(H,18,22)(H,19,21). The topological polar surface area (TPSA) is 101 Å². The van der Waals surface area contributed by atoms with Crippen LogP contribution in [0.5, 0.6) is 0 Å². The second kappa shape index (κ2) is 7.36. The van der Waals surface area contributed by atoms with Crippen LogP contribution in [0.3, 0.4) is 0 Å². The molecule has 0 bridgehead atoms. The number of hydrogen-bond donors (Lipinski definition) is 2. The molecule has 0 aromatic heterocycles. The van der Waals surface area contributed by atoms with Crippen LogP contribution < -0.4 is 10.6 Å². The Bertz CT molecular complexity index is 802. The average molecular weight is 327 g/mol. The summed E-state index contributed by atoms with van der Waals surface area (Å²) >= 11 is 0. The van der Waals surface area contributed by atoms with Crippen LogP contribution in [-0.4, -0.2) is 23.3 Å². The number of nitrogens with one attached hydrogen (secondary N) is 2. The zero-order valence-electron chi connectivity index (χ0n) is 13.3. The smallest absolute Gasteiger partial charge is 0.270 e. The van der Waals surface area contributed by atoms with Crippen molar-refractivity contribution in [2.24, 2.45) is 0 Å². The van der Waals surface area contributed by atoms with E-state index in [-0.39, 0.29) is 23.7 Å². The third-order valence-corrected chi connectivity index (χ3v) is 3.61. The lowest BCUT2D eigenvalue weighted by molar-refractivity contribution is -0.384. The molecule has 0 spiro atoms. The van der Waals surface area contributed by atoms with Crippen LogP contribution >= 0.6 is 0 Å². The van der Waals surface area contributed by atoms with Crippen molar-refractivity contribution in [3.05, 3.63) is 69.3 Å². The number of amides is 2. The quantitative estimate of drug-likeness (QED) is 0.651. The summed E-state index contributed by atoms with van der Waals surface area (Å²) in [4.78, 5) is 34.1. The first kappa shape index (κ1) is 17.1. The van der Waals surface area contributed by atoms with E-state index in [4.69, 9.17) is 0 Å². The molecule has 2 aromatic rings. The summed E-state index contributed by atoms with van der Waals surface area (Å²) in [5.41, 5.74) is 2.64. The molecule has 2 amide bonds. The SMILES string of the molecule is Cc1cccc(NC(=O)CNC(=O)c2cccc([N+](=O)[O-])c2)c1C. The fraction of sp³-hybridized carbons (Fsp3) is 0.176. The Kier molecular flexibility index (Phi) is 5.26. The molecule has 0 heterocycles. The maximum absolute atomic E-state index is 12.0. The molecule has 0 unspecified atom stereocenters. The second-order valence-corrected chi connectivity index (χ2v) is 5.29. The zero-order chi connectivity index (χ0) is 17.7. The van der Waals surface area contributed by atoms with Crippen LogP contribution in [0.1, 0.15) is 21.5 Å². The van der Waals surface area contributed by atoms with Gasteiger partial charge in [0.25, 0.3) is 11.6 Å². The van der Waals surface area contributed by atoms with Gasteiger partial charge in [0.1, 0.15) is 0 Å². The fourth-order valence-electron chi connectivity index (χ4n) is 2.10. The number of carbonyl (C=O) groups is 2. The van der Waals surface area contributed by atoms with Crippen molar-refractivity contribution in [2.75, 3.05) is 11.9 Å². The van der Waals surface area contributed by atoms with Gasteiger partial charge in [-0.15, -0.1) is 0 Å². The van der Waals surface area contributed by atoms with Gasteiger partial charge >= 0.3 is 0 Å². The molecular weight excluding hydrogens is 310 g/mol. The van der Waals surface area contributed by atoms with E-state index >= 15 is 0 Å². The van der Waals surface area contributed by atoms with Gasteiger partial charge in [0, 0.05) is 23.4 Å². The number of benzene rings is 2. The zero-order valence-corrected chi connectivity index (χ0v) is 13.3. The summed E-state index contributed by atoms with van der Waals surface area (Å²) in [5.74, 6) is -0.919. The number of nitro groups is 1. The molecule has 0 aliphatic heterocycles. The van der Waals surface area contributed by atoms with E-state index in [2.05, 4.69) is 10.6 Å². The first-order chi connectivity index (χ1) is 11.4. The third kappa shape index (κ3) is 4.16. The maximum Gasteiger partial charge on any atom is 0.270 e. The molecule has 0 saturated heterocycles. The van der Waals surface area contributed by atoms with Gasteiger partial charge in [0.15, 0.2) is 0 Å². The van der Waals surface area contributed by atoms with Crippen molar-refractivity contribution in [2.45, 2.75) is 13.8 Å². The number of nitrogens with zero attached hydrogens (tertiary/aromatic N) is 1. The van der Waals surface area contributed by atoms with E-state index in [0.29, 0.717) is 5.69 Å². The molecule has 0 aliphatic carbocycles. The van der Waals surface area contributed by atoms with Crippen molar-refractivity contribution in [1.29, 1.82) is 0 Å². The average Bonchev–Trinajstić information content (AvgIpc) is 2.57. The van der Waals surface area contributed by atoms with Gasteiger partial charge in [-0.05, 0) is 37.1 Å². The summed E-state index contributed by atoms with van der Waals surface area (Å²) in [6, 6.07) is 10.9. The number of carbonyl (C=O) groups excluding carboxylic acids is 2. The Morgan fingerprint density at radius 2 is 1.83 bits per heavy atom. The lowest BCUT2D eigenvalue weighted by Crippen LogP contribution is -2.33. The van der Waals surface area contributed by atoms with Gasteiger partial charge in [-0.25, -0.2) is 0 Å². The lowest BCUT2D eigenvalue weighted by atomic mass is 10.1. The molecule has 2 aromatic carbocycles. The summed E-state index contributed by atoms with van der Waals surface area (Å²) in [7, 11) is 0. The molecule has 7 nitrogen and oxygen atoms in total. The van der Waals surface area contributed by atoms with E-state index in [1.165, 1.54) is 18.2 Å². The second-order valence-electron chi connectivity index (χ2n) is 5.29. The highest BCUT2D eigenvalue weighted by Gasteiger charge is 2.13. The van der Waals surface area contributed by atoms with Gasteiger partial charge in [-0.3, -0.25) is 19.7 Å². The number of rotatable bonds is 5. The number of hydrogen-bond acceptors (Lipinski definition) is 4. The Morgan fingerprint density at radius 3 is 2.54 bits per heavy atom. The summed E-state index contributed by atoms with van der Waals surface area (Å²) in [6.45, 7) is 3.61. The molecule has 0 aliphatic rings. The first-order valence-corrected chi connectivity index (χ1v) is 7.27. The van der Waals surface area contributed by atoms with Crippen LogP contribution in [0, 0.1) is 24.0 Å². The Balaban J connectivity index is 1.96. The summed E-state index contributed by atoms with van der Waals surface area (Å²) in [6.07, 6.45) is 0. The number of nitro benzene ring substituents is 1. The molecule has 2 N–H and O–H groups in total. The Morgan fingerprint density at radius 1 is 1.12 bits per heavy atom. The predicted molar refractivity (Wildman–Crippen MR) is 90.0 cm³/mol. The van der Waals surface area contributed by atoms with Gasteiger partial charge in [-0.2, -0.15) is 0 Å². The molecule has 24 heavy (non-hydrogen) atoms. The van der Waals surface area contributed by atoms with Crippen LogP contribution in [0.4, 0.5) is 11.4 Å². The van der Waals surface area contributed by atoms with Gasteiger partial charge in [0.2, 0.25) is 5.91 Å². The van der Waals surface area contributed by atoms with E-state index in [9.17, 15) is 19.7 Å². The van der Waals surface area contributed by atoms with Crippen LogP contribution in [0.15, 0.2) is 42.5 Å². The molecule has 7 heteroatoms. The Labute approximate surface area is 138 Å². The number of non-ortho nitro benzene ring substituents is 1. The van der Waals surface area contributed by atoms with Crippen molar-refractivity contribution in [3.8, 4) is 0 Å². The van der Waals surface area contributed by atoms with Crippen molar-refractivity contribution in [1.82, 2.24) is 5.32 Å². The largest absolute Gasteiger partial charge is 0.343 e. The van der Waals surface area contributed by atoms with Crippen LogP contribution in [0.25, 0.3) is 0 Å². The third-order valence-electron chi connectivity index (χ3n) is 3.61. The minimum absolute atomic E-state index is 0.128. The molecule has 2 rings (SSSR count). The fourth-order valence-corrected chi connectivity index (χ4v) is 2.10. The molecule has 0 atom stereocenters. The monoisotopic (exact) mass is 327 g/mol. The van der Waals surface area contributed by atoms with Gasteiger partial charge < -0.3 is 10.6 Å². The lowest BCUT2D eigenvalue weighted by Gasteiger charge is -2.11. The van der Waals surface area contributed by atoms with E-state index in [1.54, 1.807) is 6.07 Å². The highest BCUT2D eigenvalue weighted by Crippen LogP contribution is 2.17. The van der Waals surface area contributed by atoms with E-state index in [1.807, 2.05) is 26.0 Å². The van der Waals surface area contributed by atoms with E-state index in [0.717, 1.165) is 17.2 Å². The normalized spacial score (nSPS) is 10.1. The predicted octanol–water partition coefficient (Wildman–Crippen LogP) is 2.58.